The normalized spacial score (nSPS) is 30.8. The minimum absolute atomic E-state index is 0.0791. The van der Waals surface area contributed by atoms with E-state index in [9.17, 15) is 0 Å². The minimum Gasteiger partial charge on any atom is -0.292 e. The third kappa shape index (κ3) is 2.86. The molecule has 1 saturated heterocycles. The number of rotatable bonds is 5. The SMILES string of the molecule is CCCCNC1N(C)[SiH2]N1C1CCCCC1. The first-order valence-electron chi connectivity index (χ1n) is 7.02. The highest BCUT2D eigenvalue weighted by Gasteiger charge is 2.38. The average molecular weight is 241 g/mol. The predicted octanol–water partition coefficient (Wildman–Crippen LogP) is 1.24. The van der Waals surface area contributed by atoms with Crippen LogP contribution in [0.25, 0.3) is 0 Å². The molecule has 1 unspecified atom stereocenters. The maximum atomic E-state index is 3.70. The van der Waals surface area contributed by atoms with Crippen LogP contribution in [0.3, 0.4) is 0 Å². The second-order valence-electron chi connectivity index (χ2n) is 5.39. The van der Waals surface area contributed by atoms with Gasteiger partial charge in [-0.2, -0.15) is 0 Å². The quantitative estimate of drug-likeness (QED) is 0.577. The van der Waals surface area contributed by atoms with Crippen molar-refractivity contribution in [3.8, 4) is 0 Å². The first-order chi connectivity index (χ1) is 7.83. The molecule has 1 N–H and O–H groups in total. The second-order valence-corrected chi connectivity index (χ2v) is 7.40. The monoisotopic (exact) mass is 241 g/mol. The van der Waals surface area contributed by atoms with Crippen molar-refractivity contribution in [3.05, 3.63) is 0 Å². The molecule has 2 rings (SSSR count). The van der Waals surface area contributed by atoms with Gasteiger partial charge in [-0.15, -0.1) is 0 Å². The molecular formula is C12H27N3Si. The predicted molar refractivity (Wildman–Crippen MR) is 71.7 cm³/mol. The van der Waals surface area contributed by atoms with Gasteiger partial charge < -0.3 is 0 Å². The van der Waals surface area contributed by atoms with Gasteiger partial charge in [-0.05, 0) is 32.9 Å². The molecule has 0 aromatic rings. The van der Waals surface area contributed by atoms with Crippen LogP contribution in [0.4, 0.5) is 0 Å². The van der Waals surface area contributed by atoms with Gasteiger partial charge in [0.2, 0.25) is 0 Å². The summed E-state index contributed by atoms with van der Waals surface area (Å²) in [7, 11) is 2.21. The summed E-state index contributed by atoms with van der Waals surface area (Å²) in [5.41, 5.74) is 0. The third-order valence-electron chi connectivity index (χ3n) is 4.02. The van der Waals surface area contributed by atoms with Gasteiger partial charge in [0.25, 0.3) is 0 Å². The van der Waals surface area contributed by atoms with E-state index in [1.807, 2.05) is 0 Å². The maximum absolute atomic E-state index is 3.70. The van der Waals surface area contributed by atoms with Crippen LogP contribution in [0, 0.1) is 0 Å². The largest absolute Gasteiger partial charge is 0.292 e. The fraction of sp³-hybridized carbons (Fsp3) is 1.00. The highest BCUT2D eigenvalue weighted by Crippen LogP contribution is 2.27. The number of nitrogens with zero attached hydrogens (tertiary/aromatic N) is 2. The lowest BCUT2D eigenvalue weighted by Crippen LogP contribution is -2.73. The molecule has 1 heterocycles. The number of nitrogens with one attached hydrogen (secondary N) is 1. The Labute approximate surface area is 103 Å². The average Bonchev–Trinajstić information content (AvgIpc) is 2.32. The molecule has 0 spiro atoms. The van der Waals surface area contributed by atoms with E-state index in [4.69, 9.17) is 0 Å². The fourth-order valence-electron chi connectivity index (χ4n) is 2.98. The molecule has 4 heteroatoms. The van der Waals surface area contributed by atoms with Crippen molar-refractivity contribution in [1.82, 2.24) is 14.4 Å². The van der Waals surface area contributed by atoms with Gasteiger partial charge in [0.05, 0.1) is 0 Å². The van der Waals surface area contributed by atoms with Crippen LogP contribution in [0.1, 0.15) is 51.9 Å². The third-order valence-corrected chi connectivity index (χ3v) is 6.00. The molecule has 1 saturated carbocycles. The van der Waals surface area contributed by atoms with E-state index in [-0.39, 0.29) is 9.84 Å². The van der Waals surface area contributed by atoms with Crippen molar-refractivity contribution in [3.63, 3.8) is 0 Å². The van der Waals surface area contributed by atoms with Crippen molar-refractivity contribution in [1.29, 1.82) is 0 Å². The standard InChI is InChI=1S/C12H27N3Si/c1-3-4-10-13-12-14(2)16-15(12)11-8-6-5-7-9-11/h11-13H,3-10,16H2,1-2H3. The first-order valence-corrected chi connectivity index (χ1v) is 8.29. The number of hydrogen-bond acceptors (Lipinski definition) is 3. The molecule has 0 aromatic carbocycles. The van der Waals surface area contributed by atoms with E-state index in [2.05, 4.69) is 28.4 Å². The Morgan fingerprint density at radius 3 is 2.62 bits per heavy atom. The zero-order chi connectivity index (χ0) is 11.4. The summed E-state index contributed by atoms with van der Waals surface area (Å²) in [6.07, 6.45) is 10.5. The van der Waals surface area contributed by atoms with E-state index in [0.717, 1.165) is 6.04 Å². The molecule has 0 amide bonds. The Morgan fingerprint density at radius 2 is 2.00 bits per heavy atom. The molecule has 1 atom stereocenters. The zero-order valence-electron chi connectivity index (χ0n) is 10.9. The zero-order valence-corrected chi connectivity index (χ0v) is 12.3. The van der Waals surface area contributed by atoms with Crippen molar-refractivity contribution >= 4 is 9.84 Å². The molecule has 2 fully saturated rings. The van der Waals surface area contributed by atoms with Crippen LogP contribution >= 0.6 is 0 Å². The summed E-state index contributed by atoms with van der Waals surface area (Å²) in [4.78, 5) is 0. The maximum Gasteiger partial charge on any atom is 0.177 e. The lowest BCUT2D eigenvalue weighted by Gasteiger charge is -2.53. The summed E-state index contributed by atoms with van der Waals surface area (Å²) < 4.78 is 5.36. The molecule has 0 bridgehead atoms. The molecule has 16 heavy (non-hydrogen) atoms. The molecule has 1 aliphatic carbocycles. The number of hydrogen-bond donors (Lipinski definition) is 1. The van der Waals surface area contributed by atoms with E-state index >= 15 is 0 Å². The van der Waals surface area contributed by atoms with Crippen LogP contribution in [0.5, 0.6) is 0 Å². The van der Waals surface area contributed by atoms with E-state index in [1.165, 1.54) is 51.5 Å². The highest BCUT2D eigenvalue weighted by molar-refractivity contribution is 6.32. The summed E-state index contributed by atoms with van der Waals surface area (Å²) in [5, 5.41) is 3.70. The minimum atomic E-state index is -0.0791. The fourth-order valence-corrected chi connectivity index (χ4v) is 4.84. The Balaban J connectivity index is 1.76. The topological polar surface area (TPSA) is 18.5 Å². The van der Waals surface area contributed by atoms with Gasteiger partial charge in [-0.1, -0.05) is 32.6 Å². The lowest BCUT2D eigenvalue weighted by molar-refractivity contribution is 0.0362. The molecule has 3 nitrogen and oxygen atoms in total. The van der Waals surface area contributed by atoms with Gasteiger partial charge in [-0.3, -0.25) is 14.4 Å². The Bertz CT molecular complexity index is 206. The number of unbranched alkanes of at least 4 members (excludes halogenated alkanes) is 1. The van der Waals surface area contributed by atoms with Crippen LogP contribution < -0.4 is 5.32 Å². The van der Waals surface area contributed by atoms with E-state index < -0.39 is 0 Å². The van der Waals surface area contributed by atoms with E-state index in [0.29, 0.717) is 6.29 Å². The molecule has 94 valence electrons. The van der Waals surface area contributed by atoms with E-state index in [1.54, 1.807) is 0 Å². The molecule has 0 radical (unpaired) electrons. The summed E-state index contributed by atoms with van der Waals surface area (Å²) in [6, 6.07) is 0.913. The van der Waals surface area contributed by atoms with Crippen molar-refractivity contribution < 1.29 is 0 Å². The van der Waals surface area contributed by atoms with Crippen LogP contribution in [0.15, 0.2) is 0 Å². The van der Waals surface area contributed by atoms with Gasteiger partial charge in [0, 0.05) is 6.04 Å². The Hall–Kier alpha value is 0.0969. The summed E-state index contributed by atoms with van der Waals surface area (Å²) >= 11 is 0. The highest BCUT2D eigenvalue weighted by atomic mass is 28.2. The summed E-state index contributed by atoms with van der Waals surface area (Å²) in [6.45, 7) is 3.45. The Kier molecular flexibility index (Phi) is 4.82. The van der Waals surface area contributed by atoms with Crippen LogP contribution in [0.2, 0.25) is 0 Å². The molecule has 1 aliphatic heterocycles. The van der Waals surface area contributed by atoms with Crippen LogP contribution in [-0.4, -0.2) is 44.9 Å². The van der Waals surface area contributed by atoms with Gasteiger partial charge >= 0.3 is 0 Å². The van der Waals surface area contributed by atoms with Crippen LogP contribution in [-0.2, 0) is 0 Å². The van der Waals surface area contributed by atoms with Gasteiger partial charge in [0.15, 0.2) is 9.84 Å². The molecule has 2 aliphatic rings. The lowest BCUT2D eigenvalue weighted by atomic mass is 9.95. The smallest absolute Gasteiger partial charge is 0.177 e. The van der Waals surface area contributed by atoms with Gasteiger partial charge in [-0.25, -0.2) is 0 Å². The molecule has 0 aromatic heterocycles. The van der Waals surface area contributed by atoms with Crippen molar-refractivity contribution in [2.24, 2.45) is 0 Å². The second kappa shape index (κ2) is 6.14. The Morgan fingerprint density at radius 1 is 1.25 bits per heavy atom. The summed E-state index contributed by atoms with van der Waals surface area (Å²) in [5.74, 6) is 0. The van der Waals surface area contributed by atoms with Crippen molar-refractivity contribution in [2.45, 2.75) is 64.2 Å². The first kappa shape index (κ1) is 12.6. The van der Waals surface area contributed by atoms with Gasteiger partial charge in [0.1, 0.15) is 6.29 Å². The van der Waals surface area contributed by atoms with Crippen molar-refractivity contribution in [2.75, 3.05) is 13.6 Å². The molecular weight excluding hydrogens is 214 g/mol.